The molecule has 0 aliphatic carbocycles. The second kappa shape index (κ2) is 10.2. The highest BCUT2D eigenvalue weighted by molar-refractivity contribution is 6.21. The minimum absolute atomic E-state index is 0.250. The van der Waals surface area contributed by atoms with Crippen molar-refractivity contribution in [3.63, 3.8) is 0 Å². The molecule has 1 heterocycles. The molecule has 0 aromatic heterocycles. The van der Waals surface area contributed by atoms with Crippen LogP contribution in [0.2, 0.25) is 0 Å². The quantitative estimate of drug-likeness (QED) is 0.432. The van der Waals surface area contributed by atoms with Gasteiger partial charge in [0.2, 0.25) is 0 Å². The largest absolute Gasteiger partial charge is 0.379 e. The van der Waals surface area contributed by atoms with E-state index in [1.54, 1.807) is 24.3 Å². The normalized spacial score (nSPS) is 13.6. The summed E-state index contributed by atoms with van der Waals surface area (Å²) in [7, 11) is 0. The maximum Gasteiger partial charge on any atom is 0.261 e. The van der Waals surface area contributed by atoms with Crippen molar-refractivity contribution >= 4 is 11.8 Å². The average Bonchev–Trinajstić information content (AvgIpc) is 2.84. The standard InChI is InChI=1S/C18H25NO5/c1-2-3-9-22-11-13-24-14-12-23-10-8-19-17(20)15-6-4-5-7-16(15)18(19)21/h4-7H,2-3,8-14H2,1H3. The van der Waals surface area contributed by atoms with Crippen LogP contribution in [0.25, 0.3) is 0 Å². The predicted octanol–water partition coefficient (Wildman–Crippen LogP) is 2.13. The van der Waals surface area contributed by atoms with Crippen molar-refractivity contribution in [1.82, 2.24) is 4.90 Å². The maximum atomic E-state index is 12.1. The van der Waals surface area contributed by atoms with Crippen LogP contribution in [0.15, 0.2) is 24.3 Å². The van der Waals surface area contributed by atoms with E-state index < -0.39 is 0 Å². The van der Waals surface area contributed by atoms with Crippen LogP contribution in [0.4, 0.5) is 0 Å². The third-order valence-corrected chi connectivity index (χ3v) is 3.72. The molecule has 2 rings (SSSR count). The van der Waals surface area contributed by atoms with E-state index >= 15 is 0 Å². The van der Waals surface area contributed by atoms with Gasteiger partial charge in [-0.1, -0.05) is 25.5 Å². The van der Waals surface area contributed by atoms with Crippen LogP contribution in [-0.4, -0.2) is 62.9 Å². The van der Waals surface area contributed by atoms with Gasteiger partial charge < -0.3 is 14.2 Å². The van der Waals surface area contributed by atoms with Gasteiger partial charge in [0.15, 0.2) is 0 Å². The zero-order valence-corrected chi connectivity index (χ0v) is 14.2. The second-order valence-electron chi connectivity index (χ2n) is 5.50. The van der Waals surface area contributed by atoms with Crippen LogP contribution in [0.5, 0.6) is 0 Å². The van der Waals surface area contributed by atoms with Crippen LogP contribution in [-0.2, 0) is 14.2 Å². The lowest BCUT2D eigenvalue weighted by molar-refractivity contribution is 0.0108. The van der Waals surface area contributed by atoms with E-state index in [9.17, 15) is 9.59 Å². The number of benzene rings is 1. The van der Waals surface area contributed by atoms with Gasteiger partial charge in [-0.25, -0.2) is 0 Å². The number of carbonyl (C=O) groups excluding carboxylic acids is 2. The first-order valence-electron chi connectivity index (χ1n) is 8.44. The Balaban J connectivity index is 1.53. The second-order valence-corrected chi connectivity index (χ2v) is 5.50. The molecular formula is C18H25NO5. The van der Waals surface area contributed by atoms with Gasteiger partial charge in [-0.3, -0.25) is 14.5 Å². The van der Waals surface area contributed by atoms with E-state index in [1.165, 1.54) is 4.90 Å². The summed E-state index contributed by atoms with van der Waals surface area (Å²) in [5.74, 6) is -0.501. The lowest BCUT2D eigenvalue weighted by Gasteiger charge is -2.13. The van der Waals surface area contributed by atoms with Crippen molar-refractivity contribution in [3.8, 4) is 0 Å². The number of ether oxygens (including phenoxy) is 3. The van der Waals surface area contributed by atoms with Gasteiger partial charge in [0, 0.05) is 6.61 Å². The number of nitrogens with zero attached hydrogens (tertiary/aromatic N) is 1. The van der Waals surface area contributed by atoms with E-state index in [2.05, 4.69) is 6.92 Å². The zero-order chi connectivity index (χ0) is 17.2. The molecule has 0 radical (unpaired) electrons. The molecule has 1 aromatic carbocycles. The Morgan fingerprint density at radius 3 is 1.83 bits per heavy atom. The molecule has 0 atom stereocenters. The highest BCUT2D eigenvalue weighted by Crippen LogP contribution is 2.21. The maximum absolute atomic E-state index is 12.1. The van der Waals surface area contributed by atoms with Crippen LogP contribution >= 0.6 is 0 Å². The average molecular weight is 335 g/mol. The number of hydrogen-bond donors (Lipinski definition) is 0. The van der Waals surface area contributed by atoms with E-state index in [-0.39, 0.29) is 18.4 Å². The lowest BCUT2D eigenvalue weighted by atomic mass is 10.1. The fourth-order valence-corrected chi connectivity index (χ4v) is 2.39. The molecule has 0 spiro atoms. The van der Waals surface area contributed by atoms with Gasteiger partial charge in [0.1, 0.15) is 0 Å². The molecule has 6 heteroatoms. The van der Waals surface area contributed by atoms with Gasteiger partial charge in [0.05, 0.1) is 50.7 Å². The monoisotopic (exact) mass is 335 g/mol. The molecule has 2 amide bonds. The Bertz CT molecular complexity index is 511. The van der Waals surface area contributed by atoms with E-state index in [1.807, 2.05) is 0 Å². The molecule has 1 aromatic rings. The molecule has 0 N–H and O–H groups in total. The van der Waals surface area contributed by atoms with Gasteiger partial charge in [0.25, 0.3) is 11.8 Å². The van der Waals surface area contributed by atoms with Gasteiger partial charge in [-0.15, -0.1) is 0 Å². The van der Waals surface area contributed by atoms with Crippen molar-refractivity contribution in [2.75, 3.05) is 46.2 Å². The van der Waals surface area contributed by atoms with Crippen LogP contribution < -0.4 is 0 Å². The van der Waals surface area contributed by atoms with E-state index in [0.717, 1.165) is 19.4 Å². The molecule has 6 nitrogen and oxygen atoms in total. The Morgan fingerprint density at radius 2 is 1.29 bits per heavy atom. The SMILES string of the molecule is CCCCOCCOCCOCCN1C(=O)c2ccccc2C1=O. The number of unbranched alkanes of at least 4 members (excludes halogenated alkanes) is 1. The number of imide groups is 1. The molecule has 24 heavy (non-hydrogen) atoms. The highest BCUT2D eigenvalue weighted by atomic mass is 16.5. The third-order valence-electron chi connectivity index (χ3n) is 3.72. The van der Waals surface area contributed by atoms with Crippen LogP contribution in [0.3, 0.4) is 0 Å². The number of hydrogen-bond acceptors (Lipinski definition) is 5. The van der Waals surface area contributed by atoms with Gasteiger partial charge >= 0.3 is 0 Å². The molecular weight excluding hydrogens is 310 g/mol. The zero-order valence-electron chi connectivity index (χ0n) is 14.2. The number of fused-ring (bicyclic) bond motifs is 1. The summed E-state index contributed by atoms with van der Waals surface area (Å²) in [6, 6.07) is 6.86. The summed E-state index contributed by atoms with van der Waals surface area (Å²) in [6.45, 7) is 5.50. The first kappa shape index (κ1) is 18.6. The molecule has 0 fully saturated rings. The van der Waals surface area contributed by atoms with Crippen molar-refractivity contribution < 1.29 is 23.8 Å². The summed E-state index contributed by atoms with van der Waals surface area (Å²) < 4.78 is 16.2. The van der Waals surface area contributed by atoms with Crippen LogP contribution in [0.1, 0.15) is 40.5 Å². The molecule has 0 bridgehead atoms. The Kier molecular flexibility index (Phi) is 7.88. The predicted molar refractivity (Wildman–Crippen MR) is 89.2 cm³/mol. The summed E-state index contributed by atoms with van der Waals surface area (Å²) in [6.07, 6.45) is 2.20. The van der Waals surface area contributed by atoms with Crippen LogP contribution in [0, 0.1) is 0 Å². The summed E-state index contributed by atoms with van der Waals surface area (Å²) in [5, 5.41) is 0. The molecule has 0 unspecified atom stereocenters. The smallest absolute Gasteiger partial charge is 0.261 e. The van der Waals surface area contributed by atoms with E-state index in [4.69, 9.17) is 14.2 Å². The van der Waals surface area contributed by atoms with Crippen molar-refractivity contribution in [2.24, 2.45) is 0 Å². The summed E-state index contributed by atoms with van der Waals surface area (Å²) in [5.41, 5.74) is 0.933. The minimum atomic E-state index is -0.250. The summed E-state index contributed by atoms with van der Waals surface area (Å²) >= 11 is 0. The van der Waals surface area contributed by atoms with Gasteiger partial charge in [-0.2, -0.15) is 0 Å². The molecule has 0 saturated heterocycles. The van der Waals surface area contributed by atoms with Crippen molar-refractivity contribution in [2.45, 2.75) is 19.8 Å². The van der Waals surface area contributed by atoms with Crippen molar-refractivity contribution in [1.29, 1.82) is 0 Å². The lowest BCUT2D eigenvalue weighted by Crippen LogP contribution is -2.33. The number of amides is 2. The Labute approximate surface area is 142 Å². The minimum Gasteiger partial charge on any atom is -0.379 e. The Hall–Kier alpha value is -1.76. The third kappa shape index (κ3) is 5.12. The molecule has 132 valence electrons. The topological polar surface area (TPSA) is 65.1 Å². The fraction of sp³-hybridized carbons (Fsp3) is 0.556. The van der Waals surface area contributed by atoms with E-state index in [0.29, 0.717) is 44.2 Å². The molecule has 0 saturated carbocycles. The van der Waals surface area contributed by atoms with Crippen molar-refractivity contribution in [3.05, 3.63) is 35.4 Å². The Morgan fingerprint density at radius 1 is 0.792 bits per heavy atom. The first-order valence-corrected chi connectivity index (χ1v) is 8.44. The van der Waals surface area contributed by atoms with Gasteiger partial charge in [-0.05, 0) is 18.6 Å². The number of rotatable bonds is 12. The highest BCUT2D eigenvalue weighted by Gasteiger charge is 2.34. The molecule has 1 aliphatic heterocycles. The molecule has 1 aliphatic rings. The number of carbonyl (C=O) groups is 2. The summed E-state index contributed by atoms with van der Waals surface area (Å²) in [4.78, 5) is 25.5. The first-order chi connectivity index (χ1) is 11.8. The fourth-order valence-electron chi connectivity index (χ4n) is 2.39.